The van der Waals surface area contributed by atoms with Gasteiger partial charge in [0.15, 0.2) is 5.43 Å². The Morgan fingerprint density at radius 3 is 2.53 bits per heavy atom. The van der Waals surface area contributed by atoms with Crippen LogP contribution in [0.3, 0.4) is 0 Å². The molecule has 3 aromatic rings. The summed E-state index contributed by atoms with van der Waals surface area (Å²) < 4.78 is 5.81. The van der Waals surface area contributed by atoms with Gasteiger partial charge < -0.3 is 14.6 Å². The van der Waals surface area contributed by atoms with Crippen molar-refractivity contribution in [2.24, 2.45) is 0 Å². The lowest BCUT2D eigenvalue weighted by molar-refractivity contribution is 0.248. The Labute approximate surface area is 178 Å². The first-order chi connectivity index (χ1) is 14.7. The molecule has 4 rings (SSSR count). The highest BCUT2D eigenvalue weighted by Gasteiger charge is 2.20. The van der Waals surface area contributed by atoms with Gasteiger partial charge in [0.05, 0.1) is 6.61 Å². The summed E-state index contributed by atoms with van der Waals surface area (Å²) in [7, 11) is 0. The molecule has 0 spiro atoms. The molecule has 2 heterocycles. The molecule has 30 heavy (non-hydrogen) atoms. The van der Waals surface area contributed by atoms with Crippen LogP contribution in [0, 0.1) is 6.92 Å². The summed E-state index contributed by atoms with van der Waals surface area (Å²) in [5.41, 5.74) is 4.08. The second-order valence-corrected chi connectivity index (χ2v) is 8.07. The SMILES string of the molecule is CCCCOc1ccc2[nH]c(C)c(CN3CCN(c4ccccc4)CC3)c(=O)c2c1. The van der Waals surface area contributed by atoms with E-state index in [-0.39, 0.29) is 5.43 Å². The first-order valence-electron chi connectivity index (χ1n) is 11.0. The van der Waals surface area contributed by atoms with E-state index in [2.05, 4.69) is 52.0 Å². The van der Waals surface area contributed by atoms with Crippen LogP contribution in [0.4, 0.5) is 5.69 Å². The summed E-state index contributed by atoms with van der Waals surface area (Å²) in [4.78, 5) is 21.5. The average molecular weight is 406 g/mol. The number of aromatic nitrogens is 1. The van der Waals surface area contributed by atoms with Gasteiger partial charge in [0.2, 0.25) is 0 Å². The van der Waals surface area contributed by atoms with Gasteiger partial charge in [0.1, 0.15) is 5.75 Å². The summed E-state index contributed by atoms with van der Waals surface area (Å²) in [6.07, 6.45) is 2.11. The summed E-state index contributed by atoms with van der Waals surface area (Å²) in [6, 6.07) is 16.3. The monoisotopic (exact) mass is 405 g/mol. The van der Waals surface area contributed by atoms with E-state index in [1.165, 1.54) is 5.69 Å². The lowest BCUT2D eigenvalue weighted by Gasteiger charge is -2.36. The Hall–Kier alpha value is -2.79. The molecule has 1 N–H and O–H groups in total. The third-order valence-corrected chi connectivity index (χ3v) is 5.93. The maximum Gasteiger partial charge on any atom is 0.194 e. The lowest BCUT2D eigenvalue weighted by Crippen LogP contribution is -2.46. The third-order valence-electron chi connectivity index (χ3n) is 5.93. The van der Waals surface area contributed by atoms with E-state index in [1.807, 2.05) is 25.1 Å². The number of ether oxygens (including phenoxy) is 1. The quantitative estimate of drug-likeness (QED) is 0.594. The minimum atomic E-state index is 0.118. The number of rotatable bonds is 7. The highest BCUT2D eigenvalue weighted by molar-refractivity contribution is 5.81. The summed E-state index contributed by atoms with van der Waals surface area (Å²) >= 11 is 0. The minimum Gasteiger partial charge on any atom is -0.494 e. The number of benzene rings is 2. The van der Waals surface area contributed by atoms with Crippen molar-refractivity contribution in [3.8, 4) is 5.75 Å². The number of H-pyrrole nitrogens is 1. The van der Waals surface area contributed by atoms with Crippen LogP contribution in [-0.2, 0) is 6.54 Å². The molecule has 1 fully saturated rings. The van der Waals surface area contributed by atoms with Crippen LogP contribution in [0.15, 0.2) is 53.3 Å². The van der Waals surface area contributed by atoms with Crippen molar-refractivity contribution >= 4 is 16.6 Å². The van der Waals surface area contributed by atoms with E-state index in [4.69, 9.17) is 4.74 Å². The summed E-state index contributed by atoms with van der Waals surface area (Å²) in [6.45, 7) is 9.36. The Morgan fingerprint density at radius 2 is 1.80 bits per heavy atom. The van der Waals surface area contributed by atoms with Gasteiger partial charge in [-0.2, -0.15) is 0 Å². The number of pyridine rings is 1. The molecule has 0 amide bonds. The number of hydrogen-bond acceptors (Lipinski definition) is 4. The Morgan fingerprint density at radius 1 is 1.03 bits per heavy atom. The average Bonchev–Trinajstić information content (AvgIpc) is 2.78. The molecule has 158 valence electrons. The van der Waals surface area contributed by atoms with Gasteiger partial charge in [-0.25, -0.2) is 0 Å². The molecule has 5 nitrogen and oxygen atoms in total. The molecule has 0 atom stereocenters. The van der Waals surface area contributed by atoms with E-state index in [0.29, 0.717) is 18.5 Å². The molecule has 2 aromatic carbocycles. The topological polar surface area (TPSA) is 48.6 Å². The number of para-hydroxylation sites is 1. The first-order valence-corrected chi connectivity index (χ1v) is 11.0. The fraction of sp³-hybridized carbons (Fsp3) is 0.400. The molecular formula is C25H31N3O2. The van der Waals surface area contributed by atoms with E-state index < -0.39 is 0 Å². The summed E-state index contributed by atoms with van der Waals surface area (Å²) in [5, 5.41) is 0.715. The molecule has 1 aromatic heterocycles. The highest BCUT2D eigenvalue weighted by atomic mass is 16.5. The van der Waals surface area contributed by atoms with E-state index in [9.17, 15) is 4.79 Å². The molecule has 0 radical (unpaired) electrons. The van der Waals surface area contributed by atoms with Gasteiger partial charge in [-0.1, -0.05) is 31.5 Å². The molecular weight excluding hydrogens is 374 g/mol. The Balaban J connectivity index is 1.49. The van der Waals surface area contributed by atoms with Gasteiger partial charge in [0, 0.05) is 60.6 Å². The highest BCUT2D eigenvalue weighted by Crippen LogP contribution is 2.21. The number of nitrogens with zero attached hydrogens (tertiary/aromatic N) is 2. The van der Waals surface area contributed by atoms with Crippen molar-refractivity contribution in [2.75, 3.05) is 37.7 Å². The third kappa shape index (κ3) is 4.51. The summed E-state index contributed by atoms with van der Waals surface area (Å²) in [5.74, 6) is 0.771. The van der Waals surface area contributed by atoms with Gasteiger partial charge in [-0.15, -0.1) is 0 Å². The van der Waals surface area contributed by atoms with Crippen LogP contribution < -0.4 is 15.1 Å². The van der Waals surface area contributed by atoms with Crippen LogP contribution in [-0.4, -0.2) is 42.7 Å². The Bertz CT molecular complexity index is 1040. The zero-order chi connectivity index (χ0) is 20.9. The first kappa shape index (κ1) is 20.5. The number of aryl methyl sites for hydroxylation is 1. The number of hydrogen-bond donors (Lipinski definition) is 1. The largest absolute Gasteiger partial charge is 0.494 e. The molecule has 1 aliphatic heterocycles. The van der Waals surface area contributed by atoms with E-state index >= 15 is 0 Å². The molecule has 5 heteroatoms. The number of aromatic amines is 1. The number of nitrogens with one attached hydrogen (secondary N) is 1. The standard InChI is InChI=1S/C25H31N3O2/c1-3-4-16-30-21-10-11-24-22(17-21)25(29)23(19(2)26-24)18-27-12-14-28(15-13-27)20-8-6-5-7-9-20/h5-11,17H,3-4,12-16,18H2,1-2H3,(H,26,29). The van der Waals surface area contributed by atoms with E-state index in [1.54, 1.807) is 0 Å². The zero-order valence-electron chi connectivity index (χ0n) is 18.0. The van der Waals surface area contributed by atoms with E-state index in [0.717, 1.165) is 61.5 Å². The normalized spacial score (nSPS) is 14.9. The van der Waals surface area contributed by atoms with Gasteiger partial charge >= 0.3 is 0 Å². The van der Waals surface area contributed by atoms with Crippen molar-refractivity contribution in [3.63, 3.8) is 0 Å². The predicted molar refractivity (Wildman–Crippen MR) is 124 cm³/mol. The molecule has 0 saturated carbocycles. The van der Waals surface area contributed by atoms with Gasteiger partial charge in [-0.05, 0) is 43.7 Å². The molecule has 1 saturated heterocycles. The fourth-order valence-corrected chi connectivity index (χ4v) is 4.07. The van der Waals surface area contributed by atoms with Crippen molar-refractivity contribution in [3.05, 3.63) is 70.0 Å². The second-order valence-electron chi connectivity index (χ2n) is 8.07. The maximum absolute atomic E-state index is 13.3. The van der Waals surface area contributed by atoms with Crippen molar-refractivity contribution in [2.45, 2.75) is 33.2 Å². The van der Waals surface area contributed by atoms with Crippen LogP contribution in [0.5, 0.6) is 5.75 Å². The van der Waals surface area contributed by atoms with Gasteiger partial charge in [-0.3, -0.25) is 9.69 Å². The fourth-order valence-electron chi connectivity index (χ4n) is 4.07. The molecule has 0 aliphatic carbocycles. The predicted octanol–water partition coefficient (Wildman–Crippen LogP) is 4.34. The second kappa shape index (κ2) is 9.35. The number of fused-ring (bicyclic) bond motifs is 1. The van der Waals surface area contributed by atoms with Crippen molar-refractivity contribution in [1.82, 2.24) is 9.88 Å². The van der Waals surface area contributed by atoms with Crippen LogP contribution in [0.25, 0.3) is 10.9 Å². The number of anilines is 1. The minimum absolute atomic E-state index is 0.118. The smallest absolute Gasteiger partial charge is 0.194 e. The Kier molecular flexibility index (Phi) is 6.38. The van der Waals surface area contributed by atoms with Crippen molar-refractivity contribution < 1.29 is 4.74 Å². The zero-order valence-corrected chi connectivity index (χ0v) is 18.0. The molecule has 0 unspecified atom stereocenters. The van der Waals surface area contributed by atoms with Crippen LogP contribution in [0.2, 0.25) is 0 Å². The number of unbranched alkanes of at least 4 members (excludes halogenated alkanes) is 1. The number of piperazine rings is 1. The van der Waals surface area contributed by atoms with Crippen LogP contribution in [0.1, 0.15) is 31.0 Å². The van der Waals surface area contributed by atoms with Crippen LogP contribution >= 0.6 is 0 Å². The molecule has 1 aliphatic rings. The van der Waals surface area contributed by atoms with Gasteiger partial charge in [0.25, 0.3) is 0 Å². The van der Waals surface area contributed by atoms with Crippen molar-refractivity contribution in [1.29, 1.82) is 0 Å². The lowest BCUT2D eigenvalue weighted by atomic mass is 10.1. The molecule has 0 bridgehead atoms. The maximum atomic E-state index is 13.3.